The molecule has 2 rings (SSSR count). The maximum absolute atomic E-state index is 12.3. The molecule has 1 spiro atoms. The van der Waals surface area contributed by atoms with Crippen molar-refractivity contribution in [2.45, 2.75) is 18.3 Å². The molecule has 126 valence electrons. The first-order valence-corrected chi connectivity index (χ1v) is 5.86. The van der Waals surface area contributed by atoms with Crippen molar-refractivity contribution < 1.29 is 45.4 Å². The molecule has 6 nitrogen and oxygen atoms in total. The number of alkyl halides is 6. The molecule has 2 aliphatic rings. The highest BCUT2D eigenvalue weighted by atomic mass is 19.4. The number of hydrogen-bond donors (Lipinski definition) is 1. The van der Waals surface area contributed by atoms with Crippen LogP contribution in [0.1, 0.15) is 0 Å². The Hall–Kier alpha value is -1.56. The number of rotatable bonds is 2. The number of nitrogens with zero attached hydrogens (tertiary/aromatic N) is 1. The monoisotopic (exact) mass is 336 g/mol. The lowest BCUT2D eigenvalue weighted by Gasteiger charge is -2.64. The maximum Gasteiger partial charge on any atom is 0.491 e. The van der Waals surface area contributed by atoms with Gasteiger partial charge in [0.05, 0.1) is 0 Å². The molecule has 2 fully saturated rings. The third kappa shape index (κ3) is 2.39. The zero-order valence-electron chi connectivity index (χ0n) is 11.0. The van der Waals surface area contributed by atoms with E-state index in [9.17, 15) is 35.9 Å². The van der Waals surface area contributed by atoms with Gasteiger partial charge in [0.15, 0.2) is 0 Å². The minimum Gasteiger partial charge on any atom is -0.401 e. The van der Waals surface area contributed by atoms with Crippen molar-refractivity contribution in [3.05, 3.63) is 0 Å². The molecule has 0 unspecified atom stereocenters. The number of likely N-dealkylation sites (tertiary alicyclic amines) is 1. The van der Waals surface area contributed by atoms with Gasteiger partial charge in [0.2, 0.25) is 0 Å². The van der Waals surface area contributed by atoms with Crippen molar-refractivity contribution in [1.82, 2.24) is 10.2 Å². The number of ether oxygens (including phenoxy) is 2. The maximum atomic E-state index is 12.3. The van der Waals surface area contributed by atoms with Gasteiger partial charge in [-0.25, -0.2) is 14.5 Å². The quantitative estimate of drug-likeness (QED) is 0.447. The van der Waals surface area contributed by atoms with Crippen LogP contribution in [0.3, 0.4) is 0 Å². The SMILES string of the molecule is CN1CC2(CNC2)C1(OC(=O)C(F)(F)F)OC(=O)C(F)(F)F. The van der Waals surface area contributed by atoms with Crippen LogP contribution < -0.4 is 5.32 Å². The van der Waals surface area contributed by atoms with E-state index >= 15 is 0 Å². The second-order valence-electron chi connectivity index (χ2n) is 5.10. The van der Waals surface area contributed by atoms with Crippen molar-refractivity contribution >= 4 is 11.9 Å². The fourth-order valence-corrected chi connectivity index (χ4v) is 2.49. The Kier molecular flexibility index (Phi) is 3.60. The van der Waals surface area contributed by atoms with Crippen LogP contribution in [-0.2, 0) is 19.1 Å². The lowest BCUT2D eigenvalue weighted by Crippen LogP contribution is -2.85. The lowest BCUT2D eigenvalue weighted by atomic mass is 9.69. The summed E-state index contributed by atoms with van der Waals surface area (Å²) in [5.74, 6) is -8.21. The molecule has 0 saturated carbocycles. The standard InChI is InChI=1S/C10H10F6N2O4/c1-18-4-7(2-17-3-7)10(18,21-5(19)8(11,12)13)22-6(20)9(14,15)16/h17H,2-4H2,1H3. The number of nitrogens with one attached hydrogen (secondary N) is 1. The van der Waals surface area contributed by atoms with Crippen molar-refractivity contribution in [3.63, 3.8) is 0 Å². The summed E-state index contributed by atoms with van der Waals surface area (Å²) < 4.78 is 82.4. The minimum atomic E-state index is -5.44. The molecule has 0 radical (unpaired) electrons. The highest BCUT2D eigenvalue weighted by molar-refractivity contribution is 5.78. The molecule has 12 heteroatoms. The third-order valence-electron chi connectivity index (χ3n) is 3.56. The van der Waals surface area contributed by atoms with Gasteiger partial charge in [0, 0.05) is 19.6 Å². The Bertz CT molecular complexity index is 471. The van der Waals surface area contributed by atoms with Gasteiger partial charge in [-0.15, -0.1) is 0 Å². The van der Waals surface area contributed by atoms with Gasteiger partial charge in [0.25, 0.3) is 0 Å². The van der Waals surface area contributed by atoms with Crippen LogP contribution >= 0.6 is 0 Å². The van der Waals surface area contributed by atoms with Gasteiger partial charge in [-0.2, -0.15) is 26.3 Å². The Morgan fingerprint density at radius 1 is 1.00 bits per heavy atom. The predicted octanol–water partition coefficient (Wildman–Crippen LogP) is 0.386. The fraction of sp³-hybridized carbons (Fsp3) is 0.800. The highest BCUT2D eigenvalue weighted by Gasteiger charge is 2.74. The number of esters is 2. The number of halogens is 6. The zero-order chi connectivity index (χ0) is 17.0. The van der Waals surface area contributed by atoms with E-state index in [1.54, 1.807) is 0 Å². The fourth-order valence-electron chi connectivity index (χ4n) is 2.49. The molecule has 2 saturated heterocycles. The molecular formula is C10H10F6N2O4. The highest BCUT2D eigenvalue weighted by Crippen LogP contribution is 2.52. The topological polar surface area (TPSA) is 67.9 Å². The molecule has 0 amide bonds. The third-order valence-corrected chi connectivity index (χ3v) is 3.56. The van der Waals surface area contributed by atoms with Crippen LogP contribution in [0.25, 0.3) is 0 Å². The summed E-state index contributed by atoms with van der Waals surface area (Å²) in [6, 6.07) is 0. The van der Waals surface area contributed by atoms with Crippen LogP contribution in [0, 0.1) is 5.41 Å². The Labute approximate surface area is 119 Å². The molecule has 0 aromatic heterocycles. The Morgan fingerprint density at radius 3 is 1.64 bits per heavy atom. The summed E-state index contributed by atoms with van der Waals surface area (Å²) in [5.41, 5.74) is -1.34. The first-order chi connectivity index (χ1) is 9.84. The van der Waals surface area contributed by atoms with E-state index < -0.39 is 35.6 Å². The largest absolute Gasteiger partial charge is 0.491 e. The van der Waals surface area contributed by atoms with Crippen LogP contribution in [0.2, 0.25) is 0 Å². The van der Waals surface area contributed by atoms with Crippen LogP contribution in [-0.4, -0.2) is 61.8 Å². The average molecular weight is 336 g/mol. The summed E-state index contributed by atoms with van der Waals surface area (Å²) >= 11 is 0. The van der Waals surface area contributed by atoms with Gasteiger partial charge in [-0.05, 0) is 7.05 Å². The van der Waals surface area contributed by atoms with Crippen LogP contribution in [0.15, 0.2) is 0 Å². The van der Waals surface area contributed by atoms with Crippen molar-refractivity contribution in [3.8, 4) is 0 Å². The van der Waals surface area contributed by atoms with Crippen molar-refractivity contribution in [2.75, 3.05) is 26.7 Å². The van der Waals surface area contributed by atoms with E-state index in [4.69, 9.17) is 0 Å². The van der Waals surface area contributed by atoms with Gasteiger partial charge >= 0.3 is 30.2 Å². The molecular weight excluding hydrogens is 326 g/mol. The van der Waals surface area contributed by atoms with Gasteiger partial charge < -0.3 is 14.8 Å². The summed E-state index contributed by atoms with van der Waals surface area (Å²) in [6.07, 6.45) is -10.9. The number of carbonyl (C=O) groups excluding carboxylic acids is 2. The molecule has 0 bridgehead atoms. The summed E-state index contributed by atoms with van der Waals surface area (Å²) in [7, 11) is 1.08. The van der Waals surface area contributed by atoms with E-state index in [1.165, 1.54) is 0 Å². The second-order valence-corrected chi connectivity index (χ2v) is 5.10. The number of carbonyl (C=O) groups is 2. The normalized spacial score (nSPS) is 23.4. The predicted molar refractivity (Wildman–Crippen MR) is 55.0 cm³/mol. The van der Waals surface area contributed by atoms with Crippen molar-refractivity contribution in [2.24, 2.45) is 5.41 Å². The lowest BCUT2D eigenvalue weighted by molar-refractivity contribution is -0.414. The zero-order valence-corrected chi connectivity index (χ0v) is 11.0. The Balaban J connectivity index is 2.30. The van der Waals surface area contributed by atoms with Gasteiger partial charge in [-0.1, -0.05) is 0 Å². The number of hydrogen-bond acceptors (Lipinski definition) is 6. The molecule has 1 N–H and O–H groups in total. The summed E-state index contributed by atoms with van der Waals surface area (Å²) in [5, 5.41) is 2.63. The molecule has 0 aromatic rings. The van der Waals surface area contributed by atoms with Crippen molar-refractivity contribution in [1.29, 1.82) is 0 Å². The molecule has 0 aromatic carbocycles. The van der Waals surface area contributed by atoms with Crippen LogP contribution in [0.5, 0.6) is 0 Å². The molecule has 2 heterocycles. The minimum absolute atomic E-state index is 0.00370. The van der Waals surface area contributed by atoms with E-state index in [-0.39, 0.29) is 19.6 Å². The van der Waals surface area contributed by atoms with E-state index in [0.717, 1.165) is 11.9 Å². The molecule has 22 heavy (non-hydrogen) atoms. The summed E-state index contributed by atoms with van der Waals surface area (Å²) in [4.78, 5) is 22.8. The van der Waals surface area contributed by atoms with Gasteiger partial charge in [0.1, 0.15) is 5.41 Å². The van der Waals surface area contributed by atoms with E-state index in [2.05, 4.69) is 14.8 Å². The van der Waals surface area contributed by atoms with E-state index in [0.29, 0.717) is 0 Å². The average Bonchev–Trinajstić information content (AvgIpc) is 2.29. The second kappa shape index (κ2) is 4.72. The Morgan fingerprint density at radius 2 is 1.41 bits per heavy atom. The molecule has 0 atom stereocenters. The van der Waals surface area contributed by atoms with E-state index in [1.807, 2.05) is 0 Å². The summed E-state index contributed by atoms with van der Waals surface area (Å²) in [6.45, 7) is -0.127. The first kappa shape index (κ1) is 16.8. The molecule has 0 aliphatic carbocycles. The smallest absolute Gasteiger partial charge is 0.401 e. The van der Waals surface area contributed by atoms with Gasteiger partial charge in [-0.3, -0.25) is 0 Å². The first-order valence-electron chi connectivity index (χ1n) is 5.86. The van der Waals surface area contributed by atoms with Crippen LogP contribution in [0.4, 0.5) is 26.3 Å². The molecule has 2 aliphatic heterocycles.